The zero-order valence-electron chi connectivity index (χ0n) is 7.65. The molecule has 2 unspecified atom stereocenters. The Bertz CT molecular complexity index is 165. The van der Waals surface area contributed by atoms with Crippen LogP contribution in [0.25, 0.3) is 0 Å². The van der Waals surface area contributed by atoms with E-state index in [1.165, 1.54) is 7.11 Å². The van der Waals surface area contributed by atoms with Crippen molar-refractivity contribution in [3.05, 3.63) is 0 Å². The maximum absolute atomic E-state index is 9.60. The monoisotopic (exact) mass is 247 g/mol. The van der Waals surface area contributed by atoms with Gasteiger partial charge in [-0.25, -0.2) is 0 Å². The van der Waals surface area contributed by atoms with E-state index >= 15 is 0 Å². The number of hydrogen-bond acceptors (Lipinski definition) is 3. The standard InChI is InChI=1S/C6H15O2PS3/c1-4-11-5-6-12(3)9(7,10)8-2/h4-6H2,1-3H3/p+1. The summed E-state index contributed by atoms with van der Waals surface area (Å²) in [5.74, 6) is 3.16. The molecule has 0 aromatic carbocycles. The molecular weight excluding hydrogens is 231 g/mol. The van der Waals surface area contributed by atoms with E-state index in [0.717, 1.165) is 17.3 Å². The highest BCUT2D eigenvalue weighted by Gasteiger charge is 2.31. The van der Waals surface area contributed by atoms with Gasteiger partial charge < -0.3 is 4.89 Å². The molecule has 0 saturated heterocycles. The first-order valence-electron chi connectivity index (χ1n) is 3.64. The Morgan fingerprint density at radius 3 is 2.67 bits per heavy atom. The van der Waals surface area contributed by atoms with Crippen molar-refractivity contribution in [3.63, 3.8) is 0 Å². The summed E-state index contributed by atoms with van der Waals surface area (Å²) in [4.78, 5) is 9.60. The maximum Gasteiger partial charge on any atom is 0.395 e. The third-order valence-electron chi connectivity index (χ3n) is 1.35. The first-order valence-corrected chi connectivity index (χ1v) is 9.87. The Labute approximate surface area is 86.7 Å². The van der Waals surface area contributed by atoms with Gasteiger partial charge in [0, 0.05) is 24.7 Å². The van der Waals surface area contributed by atoms with Gasteiger partial charge in [-0.05, 0) is 5.75 Å². The predicted octanol–water partition coefficient (Wildman–Crippen LogP) is 1.85. The lowest BCUT2D eigenvalue weighted by molar-refractivity contribution is 0.404. The quantitative estimate of drug-likeness (QED) is 0.441. The van der Waals surface area contributed by atoms with Gasteiger partial charge >= 0.3 is 5.69 Å². The Hall–Kier alpha value is 1.27. The summed E-state index contributed by atoms with van der Waals surface area (Å²) < 4.78 is 4.91. The smallest absolute Gasteiger partial charge is 0.307 e. The lowest BCUT2D eigenvalue weighted by Crippen LogP contribution is -2.08. The molecule has 0 fully saturated rings. The normalized spacial score (nSPS) is 18.7. The van der Waals surface area contributed by atoms with Crippen LogP contribution in [0.1, 0.15) is 6.92 Å². The number of rotatable bonds is 6. The number of thioether (sulfide) groups is 1. The molecule has 0 spiro atoms. The second kappa shape index (κ2) is 6.68. The lowest BCUT2D eigenvalue weighted by Gasteiger charge is -2.10. The van der Waals surface area contributed by atoms with Crippen molar-refractivity contribution in [1.29, 1.82) is 0 Å². The van der Waals surface area contributed by atoms with Gasteiger partial charge in [-0.15, -0.1) is 0 Å². The van der Waals surface area contributed by atoms with Crippen molar-refractivity contribution < 1.29 is 9.42 Å². The summed E-state index contributed by atoms with van der Waals surface area (Å²) in [5, 5.41) is 0. The minimum absolute atomic E-state index is 0.143. The Morgan fingerprint density at radius 2 is 2.25 bits per heavy atom. The second-order valence-corrected chi connectivity index (χ2v) is 12.0. The predicted molar refractivity (Wildman–Crippen MR) is 64.7 cm³/mol. The van der Waals surface area contributed by atoms with Crippen LogP contribution in [0.5, 0.6) is 0 Å². The van der Waals surface area contributed by atoms with E-state index in [4.69, 9.17) is 16.3 Å². The van der Waals surface area contributed by atoms with Crippen molar-refractivity contribution in [3.8, 4) is 0 Å². The van der Waals surface area contributed by atoms with Crippen LogP contribution in [0.3, 0.4) is 0 Å². The number of hydrogen-bond donors (Lipinski definition) is 1. The van der Waals surface area contributed by atoms with Crippen molar-refractivity contribution >= 4 is 39.8 Å². The highest BCUT2D eigenvalue weighted by molar-refractivity contribution is 8.65. The molecule has 0 amide bonds. The van der Waals surface area contributed by atoms with Crippen LogP contribution in [0, 0.1) is 0 Å². The molecule has 1 N–H and O–H groups in total. The van der Waals surface area contributed by atoms with Crippen LogP contribution in [-0.2, 0) is 26.8 Å². The van der Waals surface area contributed by atoms with Gasteiger partial charge in [0.25, 0.3) is 0 Å². The molecule has 74 valence electrons. The van der Waals surface area contributed by atoms with Gasteiger partial charge in [-0.2, -0.15) is 11.8 Å². The summed E-state index contributed by atoms with van der Waals surface area (Å²) >= 11 is 6.84. The molecule has 0 saturated carbocycles. The van der Waals surface area contributed by atoms with Crippen LogP contribution in [0.4, 0.5) is 0 Å². The minimum atomic E-state index is -2.46. The topological polar surface area (TPSA) is 29.5 Å². The molecule has 6 heteroatoms. The van der Waals surface area contributed by atoms with Crippen LogP contribution in [0.15, 0.2) is 0 Å². The molecule has 0 aliphatic rings. The summed E-state index contributed by atoms with van der Waals surface area (Å²) in [6.45, 7) is 2.13. The molecule has 0 bridgehead atoms. The van der Waals surface area contributed by atoms with Crippen LogP contribution >= 0.6 is 17.5 Å². The Balaban J connectivity index is 3.71. The minimum Gasteiger partial charge on any atom is -0.307 e. The van der Waals surface area contributed by atoms with Crippen molar-refractivity contribution in [1.82, 2.24) is 0 Å². The summed E-state index contributed by atoms with van der Waals surface area (Å²) in [7, 11) is 1.35. The second-order valence-electron chi connectivity index (χ2n) is 2.15. The molecule has 0 heterocycles. The molecular formula is C6H16O2PS3+. The maximum atomic E-state index is 9.60. The highest BCUT2D eigenvalue weighted by Crippen LogP contribution is 2.49. The summed E-state index contributed by atoms with van der Waals surface area (Å²) in [6, 6.07) is 0. The lowest BCUT2D eigenvalue weighted by atomic mass is 10.9. The van der Waals surface area contributed by atoms with Gasteiger partial charge in [0.2, 0.25) is 0 Å². The molecule has 2 nitrogen and oxygen atoms in total. The van der Waals surface area contributed by atoms with Gasteiger partial charge in [-0.3, -0.25) is 4.52 Å². The van der Waals surface area contributed by atoms with E-state index in [-0.39, 0.29) is 10.5 Å². The van der Waals surface area contributed by atoms with Gasteiger partial charge in [0.15, 0.2) is 0 Å². The van der Waals surface area contributed by atoms with E-state index in [2.05, 4.69) is 6.92 Å². The molecule has 2 atom stereocenters. The molecule has 0 aliphatic heterocycles. The third-order valence-corrected chi connectivity index (χ3v) is 10.7. The molecule has 0 aromatic heterocycles. The first kappa shape index (κ1) is 13.3. The fourth-order valence-corrected chi connectivity index (χ4v) is 5.57. The SMILES string of the molecule is CCSCC[S+](C)P(O)(=S)OC. The summed E-state index contributed by atoms with van der Waals surface area (Å²) in [5.41, 5.74) is -2.46. The van der Waals surface area contributed by atoms with Crippen molar-refractivity contribution in [2.24, 2.45) is 0 Å². The fourth-order valence-electron chi connectivity index (χ4n) is 0.566. The molecule has 0 aromatic rings. The van der Waals surface area contributed by atoms with Crippen LogP contribution in [-0.4, -0.2) is 35.5 Å². The summed E-state index contributed by atoms with van der Waals surface area (Å²) in [6.07, 6.45) is 1.99. The Kier molecular flexibility index (Phi) is 7.39. The molecule has 12 heavy (non-hydrogen) atoms. The van der Waals surface area contributed by atoms with Gasteiger partial charge in [0.05, 0.1) is 10.5 Å². The van der Waals surface area contributed by atoms with Crippen LogP contribution in [0.2, 0.25) is 0 Å². The van der Waals surface area contributed by atoms with Crippen molar-refractivity contribution in [2.75, 3.05) is 30.6 Å². The van der Waals surface area contributed by atoms with E-state index in [1.807, 2.05) is 18.0 Å². The average Bonchev–Trinajstić information content (AvgIpc) is 2.05. The van der Waals surface area contributed by atoms with Crippen molar-refractivity contribution in [2.45, 2.75) is 6.92 Å². The average molecular weight is 247 g/mol. The first-order chi connectivity index (χ1) is 5.54. The fraction of sp³-hybridized carbons (Fsp3) is 1.00. The van der Waals surface area contributed by atoms with E-state index in [9.17, 15) is 4.89 Å². The molecule has 0 rings (SSSR count). The zero-order valence-corrected chi connectivity index (χ0v) is 11.0. The largest absolute Gasteiger partial charge is 0.395 e. The van der Waals surface area contributed by atoms with E-state index in [1.54, 1.807) is 0 Å². The zero-order chi connectivity index (χ0) is 9.61. The van der Waals surface area contributed by atoms with Gasteiger partial charge in [0.1, 0.15) is 12.0 Å². The highest BCUT2D eigenvalue weighted by atomic mass is 32.9. The third kappa shape index (κ3) is 5.10. The molecule has 0 radical (unpaired) electrons. The van der Waals surface area contributed by atoms with Crippen LogP contribution < -0.4 is 0 Å². The van der Waals surface area contributed by atoms with E-state index < -0.39 is 5.69 Å². The van der Waals surface area contributed by atoms with Gasteiger partial charge in [-0.1, -0.05) is 6.92 Å². The molecule has 0 aliphatic carbocycles. The van der Waals surface area contributed by atoms with E-state index in [0.29, 0.717) is 0 Å². The Morgan fingerprint density at radius 1 is 1.67 bits per heavy atom.